The summed E-state index contributed by atoms with van der Waals surface area (Å²) in [5.41, 5.74) is -0.285. The number of benzene rings is 2. The topological polar surface area (TPSA) is 52.6 Å². The molecule has 0 aromatic heterocycles. The minimum atomic E-state index is -1.56. The molecule has 2 aromatic rings. The maximum absolute atomic E-state index is 13.9. The van der Waals surface area contributed by atoms with Gasteiger partial charge < -0.3 is 9.47 Å². The van der Waals surface area contributed by atoms with Gasteiger partial charge >= 0.3 is 11.9 Å². The molecule has 0 aliphatic heterocycles. The lowest BCUT2D eigenvalue weighted by molar-refractivity contribution is -0.170. The average molecular weight is 698 g/mol. The Balaban J connectivity index is 0.000000412. The number of hydrogen-bond donors (Lipinski definition) is 0. The lowest BCUT2D eigenvalue weighted by atomic mass is 9.83. The monoisotopic (exact) mass is 694 g/mol. The molecule has 0 N–H and O–H groups in total. The first kappa shape index (κ1) is 30.3. The SMILES string of the molecule is CCOC(=O)C(C)(Cc1ccc(Cl)c(F)c1Br)C(=O)OCC.Fc1c(Cl)ccc(CBr)c1Br. The van der Waals surface area contributed by atoms with Crippen molar-refractivity contribution in [2.75, 3.05) is 13.2 Å². The fourth-order valence-corrected chi connectivity index (χ4v) is 4.92. The third kappa shape index (κ3) is 7.88. The second-order valence-corrected chi connectivity index (χ2v) is 9.71. The van der Waals surface area contributed by atoms with Crippen LogP contribution in [0, 0.1) is 17.0 Å². The number of halogens is 7. The van der Waals surface area contributed by atoms with Gasteiger partial charge in [0.25, 0.3) is 0 Å². The van der Waals surface area contributed by atoms with E-state index in [9.17, 15) is 18.4 Å². The summed E-state index contributed by atoms with van der Waals surface area (Å²) in [4.78, 5) is 24.4. The Morgan fingerprint density at radius 1 is 0.879 bits per heavy atom. The van der Waals surface area contributed by atoms with Gasteiger partial charge in [-0.15, -0.1) is 0 Å². The van der Waals surface area contributed by atoms with Crippen molar-refractivity contribution in [1.29, 1.82) is 0 Å². The number of carbonyl (C=O) groups is 2. The summed E-state index contributed by atoms with van der Waals surface area (Å²) in [6, 6.07) is 6.22. The Bertz CT molecular complexity index is 988. The maximum atomic E-state index is 13.9. The summed E-state index contributed by atoms with van der Waals surface area (Å²) >= 11 is 20.6. The van der Waals surface area contributed by atoms with Gasteiger partial charge in [0.2, 0.25) is 0 Å². The van der Waals surface area contributed by atoms with E-state index in [0.717, 1.165) is 5.56 Å². The van der Waals surface area contributed by atoms with Crippen molar-refractivity contribution in [2.24, 2.45) is 5.41 Å². The van der Waals surface area contributed by atoms with E-state index in [1.54, 1.807) is 26.0 Å². The molecule has 182 valence electrons. The van der Waals surface area contributed by atoms with Crippen molar-refractivity contribution in [3.8, 4) is 0 Å². The van der Waals surface area contributed by atoms with E-state index in [0.29, 0.717) is 15.4 Å². The molecule has 0 heterocycles. The van der Waals surface area contributed by atoms with Gasteiger partial charge in [-0.05, 0) is 75.9 Å². The van der Waals surface area contributed by atoms with Gasteiger partial charge in [-0.2, -0.15) is 0 Å². The van der Waals surface area contributed by atoms with Crippen LogP contribution in [0.3, 0.4) is 0 Å². The largest absolute Gasteiger partial charge is 0.465 e. The van der Waals surface area contributed by atoms with E-state index in [-0.39, 0.29) is 34.2 Å². The molecule has 0 radical (unpaired) electrons. The Hall–Kier alpha value is -0.740. The molecule has 4 nitrogen and oxygen atoms in total. The van der Waals surface area contributed by atoms with Crippen LogP contribution in [0.25, 0.3) is 0 Å². The van der Waals surface area contributed by atoms with Crippen LogP contribution in [0.4, 0.5) is 8.78 Å². The predicted octanol–water partition coefficient (Wildman–Crippen LogP) is 8.05. The second kappa shape index (κ2) is 14.0. The number of ether oxygens (including phenoxy) is 2. The molecule has 0 saturated carbocycles. The molecule has 0 saturated heterocycles. The van der Waals surface area contributed by atoms with Crippen LogP contribution in [0.2, 0.25) is 10.0 Å². The van der Waals surface area contributed by atoms with Gasteiger partial charge in [0.15, 0.2) is 17.0 Å². The van der Waals surface area contributed by atoms with Gasteiger partial charge in [-0.3, -0.25) is 9.59 Å². The first-order valence-corrected chi connectivity index (χ1v) is 13.1. The van der Waals surface area contributed by atoms with Gasteiger partial charge in [0.05, 0.1) is 32.2 Å². The van der Waals surface area contributed by atoms with Gasteiger partial charge in [-0.25, -0.2) is 8.78 Å². The number of hydrogen-bond acceptors (Lipinski definition) is 4. The molecule has 0 aliphatic carbocycles. The van der Waals surface area contributed by atoms with Crippen molar-refractivity contribution >= 4 is 82.9 Å². The Morgan fingerprint density at radius 2 is 1.27 bits per heavy atom. The molecular formula is C22H21Br3Cl2F2O4. The molecule has 0 amide bonds. The Kier molecular flexibility index (Phi) is 12.8. The fraction of sp³-hybridized carbons (Fsp3) is 0.364. The highest BCUT2D eigenvalue weighted by Gasteiger charge is 2.45. The van der Waals surface area contributed by atoms with Crippen LogP contribution in [-0.4, -0.2) is 25.2 Å². The third-order valence-corrected chi connectivity index (χ3v) is 7.27. The lowest BCUT2D eigenvalue weighted by Gasteiger charge is -2.25. The van der Waals surface area contributed by atoms with Gasteiger partial charge in [0.1, 0.15) is 0 Å². The first-order valence-electron chi connectivity index (χ1n) is 9.59. The van der Waals surface area contributed by atoms with Gasteiger partial charge in [0, 0.05) is 11.8 Å². The Morgan fingerprint density at radius 3 is 1.67 bits per heavy atom. The molecule has 2 aromatic carbocycles. The molecule has 0 spiro atoms. The predicted molar refractivity (Wildman–Crippen MR) is 136 cm³/mol. The molecule has 0 bridgehead atoms. The molecule has 0 unspecified atom stereocenters. The van der Waals surface area contributed by atoms with Gasteiger partial charge in [-0.1, -0.05) is 51.3 Å². The fourth-order valence-electron chi connectivity index (χ4n) is 2.56. The average Bonchev–Trinajstić information content (AvgIpc) is 2.78. The lowest BCUT2D eigenvalue weighted by Crippen LogP contribution is -2.41. The number of rotatable bonds is 7. The van der Waals surface area contributed by atoms with E-state index < -0.39 is 29.0 Å². The number of esters is 2. The molecule has 2 rings (SSSR count). The van der Waals surface area contributed by atoms with Crippen molar-refractivity contribution in [2.45, 2.75) is 32.5 Å². The zero-order valence-corrected chi connectivity index (χ0v) is 24.2. The normalized spacial score (nSPS) is 10.8. The third-order valence-electron chi connectivity index (χ3n) is 4.37. The maximum Gasteiger partial charge on any atom is 0.323 e. The van der Waals surface area contributed by atoms with E-state index in [1.165, 1.54) is 19.1 Å². The van der Waals surface area contributed by atoms with Crippen LogP contribution < -0.4 is 0 Å². The highest BCUT2D eigenvalue weighted by atomic mass is 79.9. The molecule has 0 aliphatic rings. The van der Waals surface area contributed by atoms with Crippen molar-refractivity contribution in [1.82, 2.24) is 0 Å². The summed E-state index contributed by atoms with van der Waals surface area (Å²) in [6.45, 7) is 4.96. The zero-order chi connectivity index (χ0) is 25.3. The quantitative estimate of drug-likeness (QED) is 0.127. The molecule has 0 fully saturated rings. The first-order chi connectivity index (χ1) is 15.4. The van der Waals surface area contributed by atoms with Crippen LogP contribution in [-0.2, 0) is 30.8 Å². The van der Waals surface area contributed by atoms with E-state index in [1.807, 2.05) is 0 Å². The molecular weight excluding hydrogens is 677 g/mol. The second-order valence-electron chi connectivity index (χ2n) is 6.75. The van der Waals surface area contributed by atoms with E-state index in [2.05, 4.69) is 47.8 Å². The molecule has 0 atom stereocenters. The molecule has 33 heavy (non-hydrogen) atoms. The van der Waals surface area contributed by atoms with Crippen molar-refractivity contribution in [3.63, 3.8) is 0 Å². The van der Waals surface area contributed by atoms with Crippen LogP contribution >= 0.6 is 71.0 Å². The van der Waals surface area contributed by atoms with E-state index in [4.69, 9.17) is 32.7 Å². The summed E-state index contributed by atoms with van der Waals surface area (Å²) in [6.07, 6.45) is -0.0701. The number of carbonyl (C=O) groups excluding carboxylic acids is 2. The van der Waals surface area contributed by atoms with Crippen molar-refractivity contribution < 1.29 is 27.8 Å². The highest BCUT2D eigenvalue weighted by molar-refractivity contribution is 9.11. The molecule has 11 heteroatoms. The highest BCUT2D eigenvalue weighted by Crippen LogP contribution is 2.33. The summed E-state index contributed by atoms with van der Waals surface area (Å²) in [5, 5.41) is 0.702. The van der Waals surface area contributed by atoms with Crippen molar-refractivity contribution in [3.05, 3.63) is 66.0 Å². The van der Waals surface area contributed by atoms with Crippen LogP contribution in [0.1, 0.15) is 31.9 Å². The van der Waals surface area contributed by atoms with E-state index >= 15 is 0 Å². The smallest absolute Gasteiger partial charge is 0.323 e. The summed E-state index contributed by atoms with van der Waals surface area (Å²) in [5.74, 6) is -2.47. The van der Waals surface area contributed by atoms with Crippen LogP contribution in [0.15, 0.2) is 33.2 Å². The summed E-state index contributed by atoms with van der Waals surface area (Å²) in [7, 11) is 0. The Labute approximate surface area is 226 Å². The van der Waals surface area contributed by atoms with Crippen LogP contribution in [0.5, 0.6) is 0 Å². The standard InChI is InChI=1S/C15H17BrClFO4.C7H4Br2ClF/c1-4-21-13(19)15(3,14(20)22-5-2)8-9-6-7-10(17)12(18)11(9)16;8-3-4-1-2-5(10)7(11)6(4)9/h6-7H,4-5,8H2,1-3H3;1-2H,3H2. The minimum Gasteiger partial charge on any atom is -0.465 e. The minimum absolute atomic E-state index is 0.0513. The summed E-state index contributed by atoms with van der Waals surface area (Å²) < 4.78 is 37.3. The zero-order valence-electron chi connectivity index (χ0n) is 17.9. The number of alkyl halides is 1.